The van der Waals surface area contributed by atoms with Crippen LogP contribution in [0.15, 0.2) is 24.3 Å². The van der Waals surface area contributed by atoms with Crippen molar-refractivity contribution in [2.45, 2.75) is 33.2 Å². The number of hydrogen-bond donors (Lipinski definition) is 1. The van der Waals surface area contributed by atoms with Crippen LogP contribution in [-0.4, -0.2) is 20.0 Å². The van der Waals surface area contributed by atoms with Crippen molar-refractivity contribution in [3.63, 3.8) is 0 Å². The first kappa shape index (κ1) is 14.6. The summed E-state index contributed by atoms with van der Waals surface area (Å²) < 4.78 is 0. The first-order valence-electron chi connectivity index (χ1n) is 6.62. The molecule has 18 heavy (non-hydrogen) atoms. The number of amides is 1. The minimum Gasteiger partial charge on any atom is -0.378 e. The van der Waals surface area contributed by atoms with Gasteiger partial charge in [0, 0.05) is 32.2 Å². The molecule has 1 amide bonds. The number of carbonyl (C=O) groups is 1. The summed E-state index contributed by atoms with van der Waals surface area (Å²) in [6, 6.07) is 8.25. The highest BCUT2D eigenvalue weighted by molar-refractivity contribution is 5.78. The van der Waals surface area contributed by atoms with Crippen LogP contribution in [0.4, 0.5) is 5.69 Å². The van der Waals surface area contributed by atoms with Gasteiger partial charge in [0.15, 0.2) is 0 Å². The molecular weight excluding hydrogens is 224 g/mol. The van der Waals surface area contributed by atoms with Gasteiger partial charge in [0.25, 0.3) is 0 Å². The summed E-state index contributed by atoms with van der Waals surface area (Å²) in [5.74, 6) is 0.308. The van der Waals surface area contributed by atoms with Crippen LogP contribution in [0.3, 0.4) is 0 Å². The van der Waals surface area contributed by atoms with Gasteiger partial charge in [-0.05, 0) is 30.5 Å². The topological polar surface area (TPSA) is 32.3 Å². The molecule has 0 fully saturated rings. The maximum absolute atomic E-state index is 11.8. The first-order chi connectivity index (χ1) is 8.58. The number of benzene rings is 1. The Morgan fingerprint density at radius 3 is 2.17 bits per heavy atom. The molecule has 0 aliphatic carbocycles. The lowest BCUT2D eigenvalue weighted by Gasteiger charge is -2.14. The van der Waals surface area contributed by atoms with E-state index in [-0.39, 0.29) is 11.8 Å². The fourth-order valence-electron chi connectivity index (χ4n) is 1.90. The van der Waals surface area contributed by atoms with Gasteiger partial charge in [-0.25, -0.2) is 0 Å². The quantitative estimate of drug-likeness (QED) is 0.839. The van der Waals surface area contributed by atoms with Crippen LogP contribution in [-0.2, 0) is 11.3 Å². The zero-order valence-electron chi connectivity index (χ0n) is 11.9. The molecule has 3 heteroatoms. The Kier molecular flexibility index (Phi) is 5.69. The van der Waals surface area contributed by atoms with Crippen LogP contribution in [0.1, 0.15) is 32.3 Å². The third-order valence-electron chi connectivity index (χ3n) is 3.28. The highest BCUT2D eigenvalue weighted by atomic mass is 16.1. The Morgan fingerprint density at radius 1 is 1.17 bits per heavy atom. The normalized spacial score (nSPS) is 10.5. The van der Waals surface area contributed by atoms with Crippen molar-refractivity contribution >= 4 is 11.6 Å². The molecule has 0 atom stereocenters. The fourth-order valence-corrected chi connectivity index (χ4v) is 1.90. The molecule has 0 aromatic heterocycles. The maximum Gasteiger partial charge on any atom is 0.223 e. The minimum absolute atomic E-state index is 0.144. The largest absolute Gasteiger partial charge is 0.378 e. The van der Waals surface area contributed by atoms with Crippen LogP contribution >= 0.6 is 0 Å². The predicted molar refractivity (Wildman–Crippen MR) is 76.7 cm³/mol. The monoisotopic (exact) mass is 248 g/mol. The zero-order chi connectivity index (χ0) is 13.5. The molecule has 0 saturated heterocycles. The van der Waals surface area contributed by atoms with Crippen LogP contribution in [0.25, 0.3) is 0 Å². The molecule has 0 saturated carbocycles. The molecule has 1 aromatic rings. The molecule has 0 radical (unpaired) electrons. The molecule has 0 bridgehead atoms. The molecular formula is C15H24N2O. The number of rotatable bonds is 6. The molecule has 3 nitrogen and oxygen atoms in total. The molecule has 1 aromatic carbocycles. The third-order valence-corrected chi connectivity index (χ3v) is 3.28. The van der Waals surface area contributed by atoms with Gasteiger partial charge in [-0.2, -0.15) is 0 Å². The van der Waals surface area contributed by atoms with Gasteiger partial charge >= 0.3 is 0 Å². The van der Waals surface area contributed by atoms with Gasteiger partial charge in [0.1, 0.15) is 0 Å². The number of carbonyl (C=O) groups excluding carboxylic acids is 1. The van der Waals surface area contributed by atoms with Crippen molar-refractivity contribution in [2.24, 2.45) is 5.92 Å². The van der Waals surface area contributed by atoms with Crippen LogP contribution in [0.2, 0.25) is 0 Å². The summed E-state index contributed by atoms with van der Waals surface area (Å²) in [7, 11) is 4.04. The number of anilines is 1. The van der Waals surface area contributed by atoms with E-state index in [2.05, 4.69) is 48.3 Å². The van der Waals surface area contributed by atoms with Gasteiger partial charge in [0.05, 0.1) is 0 Å². The second kappa shape index (κ2) is 7.04. The minimum atomic E-state index is 0.144. The number of nitrogens with zero attached hydrogens (tertiary/aromatic N) is 1. The average molecular weight is 248 g/mol. The lowest BCUT2D eigenvalue weighted by molar-refractivity contribution is -0.125. The van der Waals surface area contributed by atoms with Crippen molar-refractivity contribution in [3.8, 4) is 0 Å². The van der Waals surface area contributed by atoms with Crippen LogP contribution < -0.4 is 10.2 Å². The SMILES string of the molecule is CCC(CC)C(=O)NCc1ccc(N(C)C)cc1. The van der Waals surface area contributed by atoms with E-state index in [1.807, 2.05) is 14.1 Å². The van der Waals surface area contributed by atoms with E-state index in [1.165, 1.54) is 5.69 Å². The molecule has 0 heterocycles. The molecule has 0 aliphatic heterocycles. The van der Waals surface area contributed by atoms with Gasteiger partial charge in [-0.15, -0.1) is 0 Å². The van der Waals surface area contributed by atoms with Crippen molar-refractivity contribution in [2.75, 3.05) is 19.0 Å². The fraction of sp³-hybridized carbons (Fsp3) is 0.533. The highest BCUT2D eigenvalue weighted by Gasteiger charge is 2.13. The molecule has 0 aliphatic rings. The Balaban J connectivity index is 2.51. The standard InChI is InChI=1S/C15H24N2O/c1-5-13(6-2)15(18)16-11-12-7-9-14(10-8-12)17(3)4/h7-10,13H,5-6,11H2,1-4H3,(H,16,18). The second-order valence-corrected chi connectivity index (χ2v) is 4.79. The van der Waals surface area contributed by atoms with E-state index in [0.29, 0.717) is 6.54 Å². The summed E-state index contributed by atoms with van der Waals surface area (Å²) in [6.45, 7) is 4.72. The highest BCUT2D eigenvalue weighted by Crippen LogP contribution is 2.12. The first-order valence-corrected chi connectivity index (χ1v) is 6.62. The van der Waals surface area contributed by atoms with Gasteiger partial charge in [0.2, 0.25) is 5.91 Å². The Bertz CT molecular complexity index is 367. The zero-order valence-corrected chi connectivity index (χ0v) is 11.9. The number of nitrogens with one attached hydrogen (secondary N) is 1. The molecule has 0 spiro atoms. The van der Waals surface area contributed by atoms with E-state index in [9.17, 15) is 4.79 Å². The molecule has 1 rings (SSSR count). The lowest BCUT2D eigenvalue weighted by Crippen LogP contribution is -2.29. The predicted octanol–water partition coefficient (Wildman–Crippen LogP) is 2.81. The van der Waals surface area contributed by atoms with E-state index >= 15 is 0 Å². The van der Waals surface area contributed by atoms with Crippen molar-refractivity contribution in [1.29, 1.82) is 0 Å². The van der Waals surface area contributed by atoms with Crippen LogP contribution in [0, 0.1) is 5.92 Å². The number of hydrogen-bond acceptors (Lipinski definition) is 2. The van der Waals surface area contributed by atoms with E-state index in [4.69, 9.17) is 0 Å². The van der Waals surface area contributed by atoms with Gasteiger partial charge in [-0.3, -0.25) is 4.79 Å². The average Bonchev–Trinajstić information content (AvgIpc) is 2.38. The van der Waals surface area contributed by atoms with Crippen molar-refractivity contribution in [1.82, 2.24) is 5.32 Å². The van der Waals surface area contributed by atoms with Crippen molar-refractivity contribution < 1.29 is 4.79 Å². The third kappa shape index (κ3) is 4.06. The smallest absolute Gasteiger partial charge is 0.223 e. The van der Waals surface area contributed by atoms with Gasteiger partial charge in [-0.1, -0.05) is 26.0 Å². The molecule has 0 unspecified atom stereocenters. The van der Waals surface area contributed by atoms with Gasteiger partial charge < -0.3 is 10.2 Å². The summed E-state index contributed by atoms with van der Waals surface area (Å²) in [5.41, 5.74) is 2.31. The molecule has 100 valence electrons. The molecule has 1 N–H and O–H groups in total. The summed E-state index contributed by atoms with van der Waals surface area (Å²) in [4.78, 5) is 13.9. The van der Waals surface area contributed by atoms with Crippen molar-refractivity contribution in [3.05, 3.63) is 29.8 Å². The maximum atomic E-state index is 11.8. The Labute approximate surface area is 110 Å². The Hall–Kier alpha value is -1.51. The lowest BCUT2D eigenvalue weighted by atomic mass is 10.0. The van der Waals surface area contributed by atoms with E-state index in [1.54, 1.807) is 0 Å². The second-order valence-electron chi connectivity index (χ2n) is 4.79. The van der Waals surface area contributed by atoms with Crippen LogP contribution in [0.5, 0.6) is 0 Å². The Morgan fingerprint density at radius 2 is 1.72 bits per heavy atom. The summed E-state index contributed by atoms with van der Waals surface area (Å²) >= 11 is 0. The summed E-state index contributed by atoms with van der Waals surface area (Å²) in [6.07, 6.45) is 1.81. The van der Waals surface area contributed by atoms with E-state index < -0.39 is 0 Å². The summed E-state index contributed by atoms with van der Waals surface area (Å²) in [5, 5.41) is 3.00. The van der Waals surface area contributed by atoms with E-state index in [0.717, 1.165) is 18.4 Å².